The minimum atomic E-state index is -1.14. The normalized spacial score (nSPS) is 29.5. The van der Waals surface area contributed by atoms with E-state index in [1.54, 1.807) is 0 Å². The smallest absolute Gasteiger partial charge is 0.402 e. The third kappa shape index (κ3) is 3.40. The molecule has 0 aliphatic carbocycles. The molecule has 4 atom stereocenters. The van der Waals surface area contributed by atoms with Crippen LogP contribution < -0.4 is 0 Å². The molecule has 1 aliphatic rings. The van der Waals surface area contributed by atoms with Crippen LogP contribution in [0.15, 0.2) is 0 Å². The zero-order valence-electron chi connectivity index (χ0n) is 10.4. The maximum atomic E-state index is 9.61. The molecule has 0 bridgehead atoms. The molecule has 1 saturated heterocycles. The number of hydrogen-bond acceptors (Lipinski definition) is 6. The predicted molar refractivity (Wildman–Crippen MR) is 61.4 cm³/mol. The molecule has 0 aromatic heterocycles. The molecule has 1 rings (SSSR count). The van der Waals surface area contributed by atoms with E-state index in [-0.39, 0.29) is 5.31 Å². The van der Waals surface area contributed by atoms with E-state index < -0.39 is 44.7 Å². The molecule has 17 heavy (non-hydrogen) atoms. The molecule has 1 fully saturated rings. The third-order valence-corrected chi connectivity index (χ3v) is 2.72. The highest BCUT2D eigenvalue weighted by atomic mass is 16.7. The van der Waals surface area contributed by atoms with E-state index in [4.69, 9.17) is 19.5 Å². The Bertz CT molecular complexity index is 225. The summed E-state index contributed by atoms with van der Waals surface area (Å²) >= 11 is 0. The standard InChI is InChI=1S/C10H21BO6/c1-10(2,3)11-16-8(6(14)4-12)9(17-11)7(15)5-13/h6-9,12-15H,4-5H2,1-3H3. The highest BCUT2D eigenvalue weighted by molar-refractivity contribution is 6.49. The highest BCUT2D eigenvalue weighted by Crippen LogP contribution is 2.36. The van der Waals surface area contributed by atoms with Crippen LogP contribution in [-0.4, -0.2) is 65.2 Å². The molecule has 1 heterocycles. The van der Waals surface area contributed by atoms with Gasteiger partial charge in [0.1, 0.15) is 12.2 Å². The summed E-state index contributed by atoms with van der Waals surface area (Å²) in [6, 6.07) is 0. The fourth-order valence-corrected chi connectivity index (χ4v) is 1.71. The molecule has 0 spiro atoms. The van der Waals surface area contributed by atoms with Gasteiger partial charge in [-0.05, 0) is 5.31 Å². The number of aliphatic hydroxyl groups is 4. The minimum absolute atomic E-state index is 0.322. The van der Waals surface area contributed by atoms with E-state index in [0.717, 1.165) is 0 Å². The Morgan fingerprint density at radius 2 is 1.35 bits per heavy atom. The molecule has 0 aromatic carbocycles. The quantitative estimate of drug-likeness (QED) is 0.465. The molecule has 0 saturated carbocycles. The first-order valence-electron chi connectivity index (χ1n) is 5.70. The van der Waals surface area contributed by atoms with Gasteiger partial charge in [0, 0.05) is 0 Å². The van der Waals surface area contributed by atoms with Crippen LogP contribution >= 0.6 is 0 Å². The van der Waals surface area contributed by atoms with Crippen molar-refractivity contribution >= 4 is 7.12 Å². The first-order valence-corrected chi connectivity index (χ1v) is 5.70. The summed E-state index contributed by atoms with van der Waals surface area (Å²) in [5.41, 5.74) is 0. The highest BCUT2D eigenvalue weighted by Gasteiger charge is 2.50. The van der Waals surface area contributed by atoms with Crippen molar-refractivity contribution in [2.45, 2.75) is 50.5 Å². The lowest BCUT2D eigenvalue weighted by molar-refractivity contribution is -0.0640. The second-order valence-electron chi connectivity index (χ2n) is 5.40. The zero-order chi connectivity index (χ0) is 13.2. The van der Waals surface area contributed by atoms with Gasteiger partial charge in [-0.2, -0.15) is 0 Å². The molecule has 100 valence electrons. The van der Waals surface area contributed by atoms with Gasteiger partial charge >= 0.3 is 7.12 Å². The fraction of sp³-hybridized carbons (Fsp3) is 1.00. The predicted octanol–water partition coefficient (Wildman–Crippen LogP) is -1.23. The molecule has 0 amide bonds. The molecule has 7 heteroatoms. The Morgan fingerprint density at radius 3 is 1.59 bits per heavy atom. The van der Waals surface area contributed by atoms with E-state index in [1.165, 1.54) is 0 Å². The van der Waals surface area contributed by atoms with E-state index in [0.29, 0.717) is 0 Å². The van der Waals surface area contributed by atoms with Crippen LogP contribution in [0.1, 0.15) is 20.8 Å². The van der Waals surface area contributed by atoms with Gasteiger partial charge in [-0.25, -0.2) is 0 Å². The van der Waals surface area contributed by atoms with Crippen molar-refractivity contribution in [2.24, 2.45) is 0 Å². The van der Waals surface area contributed by atoms with Gasteiger partial charge in [0.15, 0.2) is 0 Å². The summed E-state index contributed by atoms with van der Waals surface area (Å²) < 4.78 is 11.0. The number of hydrogen-bond donors (Lipinski definition) is 4. The van der Waals surface area contributed by atoms with E-state index in [2.05, 4.69) is 0 Å². The van der Waals surface area contributed by atoms with Crippen LogP contribution in [0.3, 0.4) is 0 Å². The summed E-state index contributed by atoms with van der Waals surface area (Å²) in [6.45, 7) is 4.72. The molecule has 1 aliphatic heterocycles. The third-order valence-electron chi connectivity index (χ3n) is 2.72. The van der Waals surface area contributed by atoms with E-state index >= 15 is 0 Å². The Labute approximate surface area is 101 Å². The average Bonchev–Trinajstić information content (AvgIpc) is 2.71. The van der Waals surface area contributed by atoms with Crippen LogP contribution in [0.2, 0.25) is 5.31 Å². The lowest BCUT2D eigenvalue weighted by Crippen LogP contribution is -2.45. The first kappa shape index (κ1) is 14.9. The van der Waals surface area contributed by atoms with Crippen molar-refractivity contribution < 1.29 is 29.7 Å². The maximum Gasteiger partial charge on any atom is 0.463 e. The molecule has 4 unspecified atom stereocenters. The number of aliphatic hydroxyl groups excluding tert-OH is 4. The molecular formula is C10H21BO6. The van der Waals surface area contributed by atoms with Gasteiger partial charge in [-0.3, -0.25) is 0 Å². The Morgan fingerprint density at radius 1 is 1.00 bits per heavy atom. The van der Waals surface area contributed by atoms with Gasteiger partial charge in [0.05, 0.1) is 25.4 Å². The second kappa shape index (κ2) is 5.64. The summed E-state index contributed by atoms with van der Waals surface area (Å²) in [7, 11) is -0.597. The largest absolute Gasteiger partial charge is 0.463 e. The van der Waals surface area contributed by atoms with Crippen molar-refractivity contribution in [1.82, 2.24) is 0 Å². The van der Waals surface area contributed by atoms with Gasteiger partial charge in [0.2, 0.25) is 0 Å². The van der Waals surface area contributed by atoms with Crippen molar-refractivity contribution in [2.75, 3.05) is 13.2 Å². The van der Waals surface area contributed by atoms with Crippen molar-refractivity contribution in [3.05, 3.63) is 0 Å². The molecule has 0 radical (unpaired) electrons. The maximum absolute atomic E-state index is 9.61. The molecule has 4 N–H and O–H groups in total. The summed E-state index contributed by atoms with van der Waals surface area (Å²) in [5.74, 6) is 0. The van der Waals surface area contributed by atoms with Crippen LogP contribution in [0, 0.1) is 0 Å². The fourth-order valence-electron chi connectivity index (χ4n) is 1.71. The molecule has 0 aromatic rings. The van der Waals surface area contributed by atoms with Gasteiger partial charge < -0.3 is 29.7 Å². The molecule has 6 nitrogen and oxygen atoms in total. The molecular weight excluding hydrogens is 227 g/mol. The van der Waals surface area contributed by atoms with E-state index in [9.17, 15) is 10.2 Å². The lowest BCUT2D eigenvalue weighted by Gasteiger charge is -2.24. The Hall–Kier alpha value is -0.175. The zero-order valence-corrected chi connectivity index (χ0v) is 10.4. The summed E-state index contributed by atoms with van der Waals surface area (Å²) in [6.07, 6.45) is -3.97. The minimum Gasteiger partial charge on any atom is -0.402 e. The van der Waals surface area contributed by atoms with Crippen LogP contribution in [0.5, 0.6) is 0 Å². The van der Waals surface area contributed by atoms with Crippen LogP contribution in [0.25, 0.3) is 0 Å². The Balaban J connectivity index is 2.79. The van der Waals surface area contributed by atoms with Crippen molar-refractivity contribution in [3.8, 4) is 0 Å². The summed E-state index contributed by atoms with van der Waals surface area (Å²) in [4.78, 5) is 0. The van der Waals surface area contributed by atoms with Gasteiger partial charge in [0.25, 0.3) is 0 Å². The Kier molecular flexibility index (Phi) is 4.94. The van der Waals surface area contributed by atoms with Gasteiger partial charge in [-0.15, -0.1) is 0 Å². The average molecular weight is 248 g/mol. The van der Waals surface area contributed by atoms with Crippen LogP contribution in [-0.2, 0) is 9.31 Å². The van der Waals surface area contributed by atoms with Gasteiger partial charge in [-0.1, -0.05) is 20.8 Å². The topological polar surface area (TPSA) is 99.4 Å². The van der Waals surface area contributed by atoms with Crippen molar-refractivity contribution in [3.63, 3.8) is 0 Å². The SMILES string of the molecule is CC(C)(C)B1OC(C(O)CO)C(C(O)CO)O1. The first-order chi connectivity index (χ1) is 7.81. The van der Waals surface area contributed by atoms with E-state index in [1.807, 2.05) is 20.8 Å². The summed E-state index contributed by atoms with van der Waals surface area (Å²) in [5, 5.41) is 36.7. The lowest BCUT2D eigenvalue weighted by atomic mass is 9.61. The van der Waals surface area contributed by atoms with Crippen molar-refractivity contribution in [1.29, 1.82) is 0 Å². The number of rotatable bonds is 4. The monoisotopic (exact) mass is 248 g/mol. The second-order valence-corrected chi connectivity index (χ2v) is 5.40. The van der Waals surface area contributed by atoms with Crippen LogP contribution in [0.4, 0.5) is 0 Å².